The van der Waals surface area contributed by atoms with Gasteiger partial charge >= 0.3 is 11.7 Å². The second kappa shape index (κ2) is 4.65. The number of H-pyrrole nitrogens is 1. The number of ether oxygens (including phenoxy) is 1. The van der Waals surface area contributed by atoms with Gasteiger partial charge in [-0.2, -0.15) is 4.68 Å². The van der Waals surface area contributed by atoms with Crippen LogP contribution in [0.25, 0.3) is 5.69 Å². The number of carbonyl (C=O) groups excluding carboxylic acids is 1. The van der Waals surface area contributed by atoms with Crippen molar-refractivity contribution < 1.29 is 9.53 Å². The molecule has 0 bridgehead atoms. The zero-order valence-corrected chi connectivity index (χ0v) is 9.21. The summed E-state index contributed by atoms with van der Waals surface area (Å²) < 4.78 is 5.86. The number of hydrogen-bond acceptors (Lipinski definition) is 4. The first-order valence-electron chi connectivity index (χ1n) is 5.14. The lowest BCUT2D eigenvalue weighted by Crippen LogP contribution is -2.15. The maximum Gasteiger partial charge on any atom is 0.376 e. The summed E-state index contributed by atoms with van der Waals surface area (Å²) in [5, 5.41) is 3.87. The van der Waals surface area contributed by atoms with Crippen molar-refractivity contribution in [1.29, 1.82) is 0 Å². The first-order valence-corrected chi connectivity index (χ1v) is 5.14. The number of rotatable bonds is 3. The van der Waals surface area contributed by atoms with Crippen molar-refractivity contribution >= 4 is 5.97 Å². The monoisotopic (exact) mass is 233 g/mol. The smallest absolute Gasteiger partial charge is 0.376 e. The van der Waals surface area contributed by atoms with Crippen LogP contribution in [0.5, 0.6) is 0 Å². The van der Waals surface area contributed by atoms with Crippen molar-refractivity contribution in [3.63, 3.8) is 0 Å². The molecular weight excluding hydrogens is 222 g/mol. The maximum absolute atomic E-state index is 11.6. The lowest BCUT2D eigenvalue weighted by atomic mass is 10.3. The molecule has 1 aromatic carbocycles. The zero-order chi connectivity index (χ0) is 12.3. The largest absolute Gasteiger partial charge is 0.460 e. The first-order chi connectivity index (χ1) is 8.22. The lowest BCUT2D eigenvalue weighted by molar-refractivity contribution is 0.0512. The fourth-order valence-electron chi connectivity index (χ4n) is 1.36. The van der Waals surface area contributed by atoms with Gasteiger partial charge in [-0.05, 0) is 19.1 Å². The Morgan fingerprint density at radius 3 is 2.76 bits per heavy atom. The van der Waals surface area contributed by atoms with Gasteiger partial charge in [0.05, 0.1) is 12.3 Å². The molecule has 6 heteroatoms. The average molecular weight is 233 g/mol. The Kier molecular flexibility index (Phi) is 3.04. The average Bonchev–Trinajstić information content (AvgIpc) is 2.73. The van der Waals surface area contributed by atoms with Crippen LogP contribution in [0.4, 0.5) is 0 Å². The Morgan fingerprint density at radius 1 is 1.41 bits per heavy atom. The summed E-state index contributed by atoms with van der Waals surface area (Å²) in [6.45, 7) is 1.92. The molecule has 0 aliphatic rings. The quantitative estimate of drug-likeness (QED) is 0.793. The van der Waals surface area contributed by atoms with Gasteiger partial charge < -0.3 is 4.74 Å². The highest BCUT2D eigenvalue weighted by atomic mass is 16.5. The van der Waals surface area contributed by atoms with Crippen LogP contribution in [0.3, 0.4) is 0 Å². The summed E-state index contributed by atoms with van der Waals surface area (Å²) in [4.78, 5) is 25.3. The van der Waals surface area contributed by atoms with Crippen LogP contribution in [-0.2, 0) is 4.74 Å². The first kappa shape index (κ1) is 11.1. The van der Waals surface area contributed by atoms with E-state index < -0.39 is 11.7 Å². The number of aromatic amines is 1. The standard InChI is InChI=1S/C11H11N3O3/c1-2-17-10(15)9-12-11(16)14(13-9)8-6-4-3-5-7-8/h3-7H,2H2,1H3,(H,12,13,16). The molecule has 0 aliphatic heterocycles. The van der Waals surface area contributed by atoms with Gasteiger partial charge in [-0.25, -0.2) is 9.59 Å². The van der Waals surface area contributed by atoms with E-state index in [1.807, 2.05) is 6.07 Å². The van der Waals surface area contributed by atoms with Gasteiger partial charge in [-0.3, -0.25) is 4.98 Å². The summed E-state index contributed by atoms with van der Waals surface area (Å²) >= 11 is 0. The third kappa shape index (κ3) is 2.25. The third-order valence-electron chi connectivity index (χ3n) is 2.09. The Morgan fingerprint density at radius 2 is 2.12 bits per heavy atom. The third-order valence-corrected chi connectivity index (χ3v) is 2.09. The van der Waals surface area contributed by atoms with E-state index in [4.69, 9.17) is 4.74 Å². The molecule has 0 atom stereocenters. The summed E-state index contributed by atoms with van der Waals surface area (Å²) in [5.41, 5.74) is 0.114. The topological polar surface area (TPSA) is 77.0 Å². The summed E-state index contributed by atoms with van der Waals surface area (Å²) in [5.74, 6) is -0.736. The number of carbonyl (C=O) groups is 1. The van der Waals surface area contributed by atoms with Crippen LogP contribution in [0, 0.1) is 0 Å². The molecule has 2 aromatic rings. The van der Waals surface area contributed by atoms with Crippen LogP contribution in [-0.4, -0.2) is 27.3 Å². The predicted molar refractivity (Wildman–Crippen MR) is 60.1 cm³/mol. The van der Waals surface area contributed by atoms with Gasteiger partial charge in [-0.1, -0.05) is 18.2 Å². The molecule has 1 heterocycles. The molecule has 0 spiro atoms. The number of nitrogens with one attached hydrogen (secondary N) is 1. The highest BCUT2D eigenvalue weighted by molar-refractivity contribution is 5.84. The Labute approximate surface area is 96.8 Å². The van der Waals surface area contributed by atoms with Crippen LogP contribution in [0.1, 0.15) is 17.5 Å². The fraction of sp³-hybridized carbons (Fsp3) is 0.182. The molecule has 1 aromatic heterocycles. The van der Waals surface area contributed by atoms with Crippen molar-refractivity contribution in [1.82, 2.24) is 14.8 Å². The minimum absolute atomic E-state index is 0.0966. The van der Waals surface area contributed by atoms with E-state index in [1.54, 1.807) is 31.2 Å². The summed E-state index contributed by atoms with van der Waals surface area (Å²) in [7, 11) is 0. The van der Waals surface area contributed by atoms with Gasteiger partial charge in [0.15, 0.2) is 0 Å². The lowest BCUT2D eigenvalue weighted by Gasteiger charge is -1.97. The Balaban J connectivity index is 2.38. The highest BCUT2D eigenvalue weighted by Crippen LogP contribution is 2.02. The van der Waals surface area contributed by atoms with E-state index in [2.05, 4.69) is 10.1 Å². The van der Waals surface area contributed by atoms with Gasteiger partial charge in [0.2, 0.25) is 5.82 Å². The molecule has 0 amide bonds. The summed E-state index contributed by atoms with van der Waals surface area (Å²) in [6.07, 6.45) is 0. The molecule has 0 saturated carbocycles. The fourth-order valence-corrected chi connectivity index (χ4v) is 1.36. The highest BCUT2D eigenvalue weighted by Gasteiger charge is 2.14. The van der Waals surface area contributed by atoms with Crippen LogP contribution >= 0.6 is 0 Å². The Hall–Kier alpha value is -2.37. The molecular formula is C11H11N3O3. The van der Waals surface area contributed by atoms with Crippen LogP contribution < -0.4 is 5.69 Å². The Bertz CT molecular complexity index is 571. The number of hydrogen-bond donors (Lipinski definition) is 1. The van der Waals surface area contributed by atoms with Crippen LogP contribution in [0.15, 0.2) is 35.1 Å². The number of esters is 1. The molecule has 0 fully saturated rings. The van der Waals surface area contributed by atoms with Crippen molar-refractivity contribution in [2.75, 3.05) is 6.61 Å². The number of aromatic nitrogens is 3. The van der Waals surface area contributed by atoms with E-state index in [0.29, 0.717) is 5.69 Å². The van der Waals surface area contributed by atoms with Gasteiger partial charge in [0.1, 0.15) is 0 Å². The molecule has 6 nitrogen and oxygen atoms in total. The van der Waals surface area contributed by atoms with Gasteiger partial charge in [0, 0.05) is 0 Å². The van der Waals surface area contributed by atoms with E-state index in [-0.39, 0.29) is 12.4 Å². The number of benzene rings is 1. The minimum Gasteiger partial charge on any atom is -0.460 e. The molecule has 0 radical (unpaired) electrons. The van der Waals surface area contributed by atoms with Gasteiger partial charge in [0.25, 0.3) is 0 Å². The van der Waals surface area contributed by atoms with E-state index in [9.17, 15) is 9.59 Å². The predicted octanol–water partition coefficient (Wildman–Crippen LogP) is 0.737. The molecule has 0 unspecified atom stereocenters. The zero-order valence-electron chi connectivity index (χ0n) is 9.21. The molecule has 17 heavy (non-hydrogen) atoms. The molecule has 1 N–H and O–H groups in total. The van der Waals surface area contributed by atoms with E-state index in [0.717, 1.165) is 4.68 Å². The van der Waals surface area contributed by atoms with Crippen molar-refractivity contribution in [3.05, 3.63) is 46.6 Å². The minimum atomic E-state index is -0.640. The van der Waals surface area contributed by atoms with E-state index in [1.165, 1.54) is 0 Å². The molecule has 2 rings (SSSR count). The maximum atomic E-state index is 11.6. The van der Waals surface area contributed by atoms with Crippen molar-refractivity contribution in [2.24, 2.45) is 0 Å². The second-order valence-electron chi connectivity index (χ2n) is 3.25. The second-order valence-corrected chi connectivity index (χ2v) is 3.25. The molecule has 0 saturated heterocycles. The van der Waals surface area contributed by atoms with Gasteiger partial charge in [-0.15, -0.1) is 5.10 Å². The molecule has 88 valence electrons. The number of nitrogens with zero attached hydrogens (tertiary/aromatic N) is 2. The normalized spacial score (nSPS) is 10.2. The summed E-state index contributed by atoms with van der Waals surface area (Å²) in [6, 6.07) is 8.82. The van der Waals surface area contributed by atoms with Crippen LogP contribution in [0.2, 0.25) is 0 Å². The van der Waals surface area contributed by atoms with E-state index >= 15 is 0 Å². The number of para-hydroxylation sites is 1. The van der Waals surface area contributed by atoms with Crippen molar-refractivity contribution in [2.45, 2.75) is 6.92 Å². The van der Waals surface area contributed by atoms with Crippen molar-refractivity contribution in [3.8, 4) is 5.69 Å². The SMILES string of the molecule is CCOC(=O)c1nn(-c2ccccc2)c(=O)[nH]1. The molecule has 0 aliphatic carbocycles.